The molecule has 0 saturated heterocycles. The van der Waals surface area contributed by atoms with E-state index in [0.29, 0.717) is 0 Å². The van der Waals surface area contributed by atoms with Crippen LogP contribution in [0.2, 0.25) is 0 Å². The molecule has 0 aliphatic heterocycles. The summed E-state index contributed by atoms with van der Waals surface area (Å²) in [5.41, 5.74) is 0. The van der Waals surface area contributed by atoms with Crippen molar-refractivity contribution in [3.63, 3.8) is 0 Å². The zero-order valence-electron chi connectivity index (χ0n) is 7.59. The summed E-state index contributed by atoms with van der Waals surface area (Å²) in [7, 11) is 0. The van der Waals surface area contributed by atoms with Crippen molar-refractivity contribution in [3.8, 4) is 0 Å². The van der Waals surface area contributed by atoms with Gasteiger partial charge in [-0.25, -0.2) is 12.1 Å². The van der Waals surface area contributed by atoms with E-state index in [2.05, 4.69) is 0 Å². The van der Waals surface area contributed by atoms with Crippen molar-refractivity contribution in [2.75, 3.05) is 5.34 Å². The number of hydrogen-bond acceptors (Lipinski definition) is 0. The molecule has 0 N–H and O–H groups in total. The Morgan fingerprint density at radius 2 is 1.07 bits per heavy atom. The van der Waals surface area contributed by atoms with Crippen molar-refractivity contribution in [3.05, 3.63) is 60.7 Å². The van der Waals surface area contributed by atoms with Crippen LogP contribution >= 0.6 is 23.2 Å². The van der Waals surface area contributed by atoms with E-state index < -0.39 is 0 Å². The molecule has 0 fully saturated rings. The second kappa shape index (κ2) is 15.3. The van der Waals surface area contributed by atoms with E-state index in [0.717, 1.165) is 0 Å². The standard InChI is InChI=1S/2C5H5.CH2Cl2.Fe/c2*1-2-4-5-3-1;2-1-3;/h2*1-5H;1H2;/q-5;-1;;. The van der Waals surface area contributed by atoms with Crippen LogP contribution in [-0.2, 0) is 17.1 Å². The third-order valence-corrected chi connectivity index (χ3v) is 1.11. The Hall–Kier alpha value is -0.201. The zero-order valence-corrected chi connectivity index (χ0v) is 10.2. The van der Waals surface area contributed by atoms with Crippen LogP contribution in [0, 0.1) is 0 Å². The van der Waals surface area contributed by atoms with Crippen LogP contribution in [0.1, 0.15) is 0 Å². The van der Waals surface area contributed by atoms with Crippen LogP contribution in [0.25, 0.3) is 0 Å². The van der Waals surface area contributed by atoms with Gasteiger partial charge in [0.05, 0.1) is 5.34 Å². The van der Waals surface area contributed by atoms with E-state index in [9.17, 15) is 0 Å². The first kappa shape index (κ1) is 16.2. The molecule has 0 amide bonds. The summed E-state index contributed by atoms with van der Waals surface area (Å²) in [4.78, 5) is 0. The molecule has 2 aromatic carbocycles. The fraction of sp³-hybridized carbons (Fsp3) is 0.0909. The molecule has 0 aliphatic rings. The van der Waals surface area contributed by atoms with Gasteiger partial charge in [0.25, 0.3) is 0 Å². The average molecular weight is 271 g/mol. The van der Waals surface area contributed by atoms with Crippen LogP contribution in [-0.4, -0.2) is 5.34 Å². The van der Waals surface area contributed by atoms with Crippen LogP contribution in [0.5, 0.6) is 0 Å². The predicted molar refractivity (Wildman–Crippen MR) is 60.6 cm³/mol. The zero-order chi connectivity index (χ0) is 9.78. The maximum atomic E-state index is 4.76. The summed E-state index contributed by atoms with van der Waals surface area (Å²) < 4.78 is 0. The van der Waals surface area contributed by atoms with Gasteiger partial charge in [-0.1, -0.05) is 0 Å². The second-order valence-corrected chi connectivity index (χ2v) is 2.83. The van der Waals surface area contributed by atoms with Gasteiger partial charge >= 0.3 is 0 Å². The van der Waals surface area contributed by atoms with E-state index >= 15 is 0 Å². The second-order valence-electron chi connectivity index (χ2n) is 2.03. The van der Waals surface area contributed by atoms with Crippen molar-refractivity contribution in [1.82, 2.24) is 0 Å². The van der Waals surface area contributed by atoms with E-state index in [1.807, 2.05) is 60.7 Å². The Balaban J connectivity index is 0. The summed E-state index contributed by atoms with van der Waals surface area (Å²) in [6, 6.07) is 20.0. The third-order valence-electron chi connectivity index (χ3n) is 1.11. The van der Waals surface area contributed by atoms with Gasteiger partial charge < -0.3 is 30.3 Å². The minimum Gasteiger partial charge on any atom is -0.748 e. The molecule has 0 aliphatic carbocycles. The minimum atomic E-state index is 0. The predicted octanol–water partition coefficient (Wildman–Crippen LogP) is 4.23. The first-order valence-corrected chi connectivity index (χ1v) is 4.94. The van der Waals surface area contributed by atoms with Crippen LogP contribution < -0.4 is 0 Å². The number of rotatable bonds is 0. The Bertz CT molecular complexity index is 165. The van der Waals surface area contributed by atoms with Gasteiger partial charge in [-0.05, 0) is 0 Å². The minimum absolute atomic E-state index is 0. The molecule has 0 aromatic heterocycles. The van der Waals surface area contributed by atoms with Gasteiger partial charge in [0.15, 0.2) is 0 Å². The molecule has 14 heavy (non-hydrogen) atoms. The van der Waals surface area contributed by atoms with E-state index in [-0.39, 0.29) is 22.4 Å². The van der Waals surface area contributed by atoms with Crippen molar-refractivity contribution >= 4 is 23.2 Å². The van der Waals surface area contributed by atoms with Gasteiger partial charge in [0.1, 0.15) is 0 Å². The molecule has 84 valence electrons. The molecule has 0 nitrogen and oxygen atoms in total. The fourth-order valence-electron chi connectivity index (χ4n) is 0.642. The molecule has 2 aromatic rings. The van der Waals surface area contributed by atoms with Gasteiger partial charge in [-0.2, -0.15) is 18.2 Å². The molecule has 2 rings (SSSR count). The molecule has 0 atom stereocenters. The molecule has 0 unspecified atom stereocenters. The smallest absolute Gasteiger partial charge is 0.0967 e. The number of halogens is 2. The van der Waals surface area contributed by atoms with Gasteiger partial charge in [0.2, 0.25) is 0 Å². The Labute approximate surface area is 106 Å². The largest absolute Gasteiger partial charge is 0.748 e. The van der Waals surface area contributed by atoms with Crippen LogP contribution in [0.4, 0.5) is 0 Å². The summed E-state index contributed by atoms with van der Waals surface area (Å²) in [5.74, 6) is 0. The fourth-order valence-corrected chi connectivity index (χ4v) is 0.642. The summed E-state index contributed by atoms with van der Waals surface area (Å²) >= 11 is 9.53. The maximum absolute atomic E-state index is 4.76. The molecule has 0 radical (unpaired) electrons. The Morgan fingerprint density at radius 3 is 1.21 bits per heavy atom. The molecule has 0 saturated carbocycles. The van der Waals surface area contributed by atoms with Crippen molar-refractivity contribution in [2.24, 2.45) is 0 Å². The Kier molecular flexibility index (Phi) is 17.7. The van der Waals surface area contributed by atoms with Gasteiger partial charge in [-0.3, -0.25) is 0 Å². The van der Waals surface area contributed by atoms with E-state index in [1.165, 1.54) is 0 Å². The first-order valence-electron chi connectivity index (χ1n) is 3.87. The van der Waals surface area contributed by atoms with Gasteiger partial charge in [-0.15, -0.1) is 23.2 Å². The maximum Gasteiger partial charge on any atom is 0.0967 e. The topological polar surface area (TPSA) is 0 Å². The molecule has 0 spiro atoms. The molecular weight excluding hydrogens is 259 g/mol. The van der Waals surface area contributed by atoms with Crippen molar-refractivity contribution in [2.45, 2.75) is 0 Å². The van der Waals surface area contributed by atoms with Gasteiger partial charge in [0, 0.05) is 17.1 Å². The molecule has 3 heteroatoms. The van der Waals surface area contributed by atoms with Crippen molar-refractivity contribution in [1.29, 1.82) is 0 Å². The normalized spacial score (nSPS) is 7.00. The molecule has 0 heterocycles. The van der Waals surface area contributed by atoms with Crippen LogP contribution in [0.15, 0.2) is 60.7 Å². The summed E-state index contributed by atoms with van der Waals surface area (Å²) in [5, 5.41) is 0.194. The van der Waals surface area contributed by atoms with Crippen molar-refractivity contribution < 1.29 is 17.1 Å². The summed E-state index contributed by atoms with van der Waals surface area (Å²) in [6.07, 6.45) is 0. The first-order chi connectivity index (χ1) is 6.41. The third kappa shape index (κ3) is 14.3. The Morgan fingerprint density at radius 1 is 0.786 bits per heavy atom. The number of alkyl halides is 2. The van der Waals surface area contributed by atoms with E-state index in [1.54, 1.807) is 0 Å². The monoisotopic (exact) mass is 270 g/mol. The summed E-state index contributed by atoms with van der Waals surface area (Å²) in [6.45, 7) is 0. The van der Waals surface area contributed by atoms with E-state index in [4.69, 9.17) is 23.2 Å². The quantitative estimate of drug-likeness (QED) is 0.382. The average Bonchev–Trinajstić information content (AvgIpc) is 2.85. The SMILES string of the molecule is ClCCl.[Fe].[cH-]1[cH-][cH-][cH-][cH-]1.c1cc[cH-]c1. The van der Waals surface area contributed by atoms with Crippen LogP contribution in [0.3, 0.4) is 0 Å². The molecule has 0 bridgehead atoms. The molecular formula is C11H12Cl2Fe-6. The number of hydrogen-bond donors (Lipinski definition) is 0.